The normalized spacial score (nSPS) is 23.0. The first-order chi connectivity index (χ1) is 10.9. The number of aromatic nitrogens is 3. The van der Waals surface area contributed by atoms with Crippen LogP contribution in [0.4, 0.5) is 13.2 Å². The number of amides is 1. The highest BCUT2D eigenvalue weighted by Crippen LogP contribution is 2.46. The van der Waals surface area contributed by atoms with Gasteiger partial charge in [0.1, 0.15) is 0 Å². The molecule has 1 aliphatic carbocycles. The molecule has 0 spiro atoms. The number of rotatable bonds is 1. The lowest BCUT2D eigenvalue weighted by atomic mass is 9.99. The van der Waals surface area contributed by atoms with Crippen LogP contribution in [0.3, 0.4) is 0 Å². The number of hydrogen-bond donors (Lipinski definition) is 1. The minimum atomic E-state index is -4.44. The monoisotopic (exact) mass is 322 g/mol. The van der Waals surface area contributed by atoms with Crippen LogP contribution in [-0.4, -0.2) is 39.1 Å². The SMILES string of the molecule is O=C(c1ccncc1)N1C[C@H]2Cc3c(C(F)(F)F)n[nH]c3[C@H]2C1. The van der Waals surface area contributed by atoms with Gasteiger partial charge < -0.3 is 4.90 Å². The van der Waals surface area contributed by atoms with Crippen molar-refractivity contribution in [2.24, 2.45) is 5.92 Å². The second-order valence-corrected chi connectivity index (χ2v) is 5.98. The minimum Gasteiger partial charge on any atom is -0.338 e. The van der Waals surface area contributed by atoms with E-state index in [1.165, 1.54) is 0 Å². The average molecular weight is 322 g/mol. The summed E-state index contributed by atoms with van der Waals surface area (Å²) in [5.41, 5.74) is 0.533. The van der Waals surface area contributed by atoms with Gasteiger partial charge in [0.05, 0.1) is 0 Å². The molecule has 0 unspecified atom stereocenters. The van der Waals surface area contributed by atoms with Crippen LogP contribution in [0, 0.1) is 5.92 Å². The van der Waals surface area contributed by atoms with Crippen molar-refractivity contribution < 1.29 is 18.0 Å². The van der Waals surface area contributed by atoms with Crippen molar-refractivity contribution in [2.45, 2.75) is 18.5 Å². The Hall–Kier alpha value is -2.38. The average Bonchev–Trinajstić information content (AvgIpc) is 3.16. The minimum absolute atomic E-state index is 0.0196. The third-order valence-electron chi connectivity index (χ3n) is 4.66. The summed E-state index contributed by atoms with van der Waals surface area (Å²) in [6, 6.07) is 3.28. The van der Waals surface area contributed by atoms with Gasteiger partial charge in [0.2, 0.25) is 0 Å². The fraction of sp³-hybridized carbons (Fsp3) is 0.400. The third kappa shape index (κ3) is 2.20. The molecule has 3 heterocycles. The number of hydrogen-bond acceptors (Lipinski definition) is 3. The second-order valence-electron chi connectivity index (χ2n) is 5.98. The van der Waals surface area contributed by atoms with Gasteiger partial charge >= 0.3 is 6.18 Å². The Labute approximate surface area is 129 Å². The quantitative estimate of drug-likeness (QED) is 0.876. The van der Waals surface area contributed by atoms with E-state index in [1.807, 2.05) is 0 Å². The van der Waals surface area contributed by atoms with Gasteiger partial charge in [-0.1, -0.05) is 0 Å². The lowest BCUT2D eigenvalue weighted by molar-refractivity contribution is -0.141. The van der Waals surface area contributed by atoms with Gasteiger partial charge in [-0.05, 0) is 24.5 Å². The zero-order valence-corrected chi connectivity index (χ0v) is 12.0. The van der Waals surface area contributed by atoms with Crippen LogP contribution >= 0.6 is 0 Å². The number of fused-ring (bicyclic) bond motifs is 3. The summed E-state index contributed by atoms with van der Waals surface area (Å²) in [5.74, 6) is -0.190. The molecule has 120 valence electrons. The summed E-state index contributed by atoms with van der Waals surface area (Å²) in [6.45, 7) is 0.879. The fourth-order valence-electron chi connectivity index (χ4n) is 3.64. The number of nitrogens with zero attached hydrogens (tertiary/aromatic N) is 3. The van der Waals surface area contributed by atoms with E-state index in [-0.39, 0.29) is 23.3 Å². The van der Waals surface area contributed by atoms with Gasteiger partial charge in [-0.3, -0.25) is 14.9 Å². The van der Waals surface area contributed by atoms with Crippen molar-refractivity contribution in [3.05, 3.63) is 47.0 Å². The van der Waals surface area contributed by atoms with Gasteiger partial charge in [-0.2, -0.15) is 18.3 Å². The number of carbonyl (C=O) groups excluding carboxylic acids is 1. The van der Waals surface area contributed by atoms with Crippen LogP contribution in [0.15, 0.2) is 24.5 Å². The molecule has 23 heavy (non-hydrogen) atoms. The van der Waals surface area contributed by atoms with E-state index in [0.717, 1.165) is 0 Å². The maximum atomic E-state index is 12.9. The van der Waals surface area contributed by atoms with Crippen molar-refractivity contribution >= 4 is 5.91 Å². The molecule has 0 aromatic carbocycles. The van der Waals surface area contributed by atoms with E-state index in [0.29, 0.717) is 30.8 Å². The largest absolute Gasteiger partial charge is 0.435 e. The molecule has 0 bridgehead atoms. The van der Waals surface area contributed by atoms with Gasteiger partial charge in [0, 0.05) is 48.2 Å². The first kappa shape index (κ1) is 14.2. The molecular weight excluding hydrogens is 309 g/mol. The topological polar surface area (TPSA) is 61.9 Å². The molecule has 1 fully saturated rings. The molecule has 5 nitrogen and oxygen atoms in total. The Morgan fingerprint density at radius 3 is 2.70 bits per heavy atom. The van der Waals surface area contributed by atoms with Crippen LogP contribution < -0.4 is 0 Å². The molecule has 0 radical (unpaired) electrons. The number of aromatic amines is 1. The Morgan fingerprint density at radius 2 is 2.00 bits per heavy atom. The molecule has 2 aromatic heterocycles. The van der Waals surface area contributed by atoms with E-state index in [9.17, 15) is 18.0 Å². The molecule has 1 N–H and O–H groups in total. The Kier molecular flexibility index (Phi) is 2.97. The van der Waals surface area contributed by atoms with Crippen molar-refractivity contribution in [3.63, 3.8) is 0 Å². The number of halogens is 3. The van der Waals surface area contributed by atoms with Crippen molar-refractivity contribution in [2.75, 3.05) is 13.1 Å². The van der Waals surface area contributed by atoms with E-state index in [4.69, 9.17) is 0 Å². The lowest BCUT2D eigenvalue weighted by Crippen LogP contribution is -2.29. The maximum Gasteiger partial charge on any atom is 0.435 e. The molecule has 2 aromatic rings. The number of pyridine rings is 1. The van der Waals surface area contributed by atoms with Crippen LogP contribution in [-0.2, 0) is 12.6 Å². The van der Waals surface area contributed by atoms with Gasteiger partial charge in [-0.25, -0.2) is 0 Å². The summed E-state index contributed by atoms with van der Waals surface area (Å²) < 4.78 is 38.8. The second kappa shape index (κ2) is 4.81. The summed E-state index contributed by atoms with van der Waals surface area (Å²) in [4.78, 5) is 18.0. The number of nitrogens with one attached hydrogen (secondary N) is 1. The lowest BCUT2D eigenvalue weighted by Gasteiger charge is -2.17. The number of carbonyl (C=O) groups is 1. The summed E-state index contributed by atoms with van der Waals surface area (Å²) in [7, 11) is 0. The van der Waals surface area contributed by atoms with Crippen LogP contribution in [0.25, 0.3) is 0 Å². The number of likely N-dealkylation sites (tertiary alicyclic amines) is 1. The number of alkyl halides is 3. The maximum absolute atomic E-state index is 12.9. The fourth-order valence-corrected chi connectivity index (χ4v) is 3.64. The van der Waals surface area contributed by atoms with Gasteiger partial charge in [0.25, 0.3) is 5.91 Å². The van der Waals surface area contributed by atoms with Crippen LogP contribution in [0.2, 0.25) is 0 Å². The highest BCUT2D eigenvalue weighted by Gasteiger charge is 2.48. The highest BCUT2D eigenvalue weighted by molar-refractivity contribution is 5.94. The molecule has 1 amide bonds. The van der Waals surface area contributed by atoms with Crippen molar-refractivity contribution in [3.8, 4) is 0 Å². The zero-order chi connectivity index (χ0) is 16.2. The standard InChI is InChI=1S/C15H13F3N4O/c16-15(17,18)13-10-5-9-6-22(7-11(9)12(10)20-21-13)14(23)8-1-3-19-4-2-8/h1-4,9,11H,5-7H2,(H,20,21)/t9-,11+/m1/s1. The zero-order valence-electron chi connectivity index (χ0n) is 12.0. The third-order valence-corrected chi connectivity index (χ3v) is 4.66. The predicted molar refractivity (Wildman–Crippen MR) is 73.7 cm³/mol. The first-order valence-electron chi connectivity index (χ1n) is 7.29. The number of H-pyrrole nitrogens is 1. The van der Waals surface area contributed by atoms with E-state index in [2.05, 4.69) is 15.2 Å². The van der Waals surface area contributed by atoms with Crippen LogP contribution in [0.1, 0.15) is 33.2 Å². The molecule has 4 rings (SSSR count). The Bertz CT molecular complexity index is 756. The molecule has 2 atom stereocenters. The van der Waals surface area contributed by atoms with Gasteiger partial charge in [0.15, 0.2) is 5.69 Å². The molecule has 2 aliphatic rings. The van der Waals surface area contributed by atoms with Crippen molar-refractivity contribution in [1.29, 1.82) is 0 Å². The van der Waals surface area contributed by atoms with E-state index < -0.39 is 11.9 Å². The van der Waals surface area contributed by atoms with E-state index >= 15 is 0 Å². The Morgan fingerprint density at radius 1 is 1.26 bits per heavy atom. The summed E-state index contributed by atoms with van der Waals surface area (Å²) >= 11 is 0. The van der Waals surface area contributed by atoms with Gasteiger partial charge in [-0.15, -0.1) is 0 Å². The molecule has 0 saturated carbocycles. The molecular formula is C15H13F3N4O. The Balaban J connectivity index is 1.57. The van der Waals surface area contributed by atoms with Crippen LogP contribution in [0.5, 0.6) is 0 Å². The summed E-state index contributed by atoms with van der Waals surface area (Å²) in [5, 5.41) is 5.98. The molecule has 8 heteroatoms. The van der Waals surface area contributed by atoms with Crippen molar-refractivity contribution in [1.82, 2.24) is 20.1 Å². The predicted octanol–water partition coefficient (Wildman–Crippen LogP) is 2.24. The highest BCUT2D eigenvalue weighted by atomic mass is 19.4. The van der Waals surface area contributed by atoms with E-state index in [1.54, 1.807) is 29.4 Å². The smallest absolute Gasteiger partial charge is 0.338 e. The molecule has 1 aliphatic heterocycles. The molecule has 1 saturated heterocycles. The summed E-state index contributed by atoms with van der Waals surface area (Å²) in [6.07, 6.45) is -1.03. The first-order valence-corrected chi connectivity index (χ1v) is 7.29.